The maximum absolute atomic E-state index is 9.31. The summed E-state index contributed by atoms with van der Waals surface area (Å²) in [6.07, 6.45) is 0. The van der Waals surface area contributed by atoms with Crippen LogP contribution in [0.3, 0.4) is 0 Å². The Bertz CT molecular complexity index is 67.7. The van der Waals surface area contributed by atoms with E-state index in [1.54, 1.807) is 0 Å². The second kappa shape index (κ2) is 2.98. The topological polar surface area (TPSA) is 34.1 Å². The fourth-order valence-corrected chi connectivity index (χ4v) is 0. The maximum atomic E-state index is 9.31. The second-order valence-corrected chi connectivity index (χ2v) is 3.96. The van der Waals surface area contributed by atoms with E-state index < -0.39 is 6.88 Å². The summed E-state index contributed by atoms with van der Waals surface area (Å²) in [5.74, 6) is 0. The van der Waals surface area contributed by atoms with Crippen molar-refractivity contribution in [3.63, 3.8) is 0 Å². The fourth-order valence-electron chi connectivity index (χ4n) is 0. The molecular formula is FeO2PS. The van der Waals surface area contributed by atoms with Crippen LogP contribution >= 0.6 is 16.7 Å². The predicted octanol–water partition coefficient (Wildman–Crippen LogP) is 1.27. The molecule has 0 saturated heterocycles. The minimum atomic E-state index is -2.29. The van der Waals surface area contributed by atoms with Crippen molar-refractivity contribution in [3.8, 4) is 0 Å². The summed E-state index contributed by atoms with van der Waals surface area (Å²) in [4.78, 5) is 0. The van der Waals surface area contributed by atoms with Crippen LogP contribution in [-0.2, 0) is 24.0 Å². The van der Waals surface area contributed by atoms with E-state index in [0.29, 0.717) is 9.80 Å². The van der Waals surface area contributed by atoms with Gasteiger partial charge in [-0.3, -0.25) is 0 Å². The van der Waals surface area contributed by atoms with Crippen molar-refractivity contribution in [2.75, 3.05) is 0 Å². The molecule has 0 N–H and O–H groups in total. The molecule has 0 aliphatic heterocycles. The molecule has 0 radical (unpaired) electrons. The Morgan fingerprint density at radius 2 is 1.80 bits per heavy atom. The molecule has 0 amide bonds. The Labute approximate surface area is 41.2 Å². The van der Waals surface area contributed by atoms with Gasteiger partial charge in [0.2, 0.25) is 0 Å². The van der Waals surface area contributed by atoms with Gasteiger partial charge in [-0.2, -0.15) is 0 Å². The molecule has 0 saturated carbocycles. The Morgan fingerprint density at radius 3 is 1.80 bits per heavy atom. The van der Waals surface area contributed by atoms with E-state index in [2.05, 4.69) is 14.9 Å². The molecule has 0 aliphatic rings. The second-order valence-electron chi connectivity index (χ2n) is 0.288. The summed E-state index contributed by atoms with van der Waals surface area (Å²) in [6, 6.07) is 0. The average molecular weight is 151 g/mol. The van der Waals surface area contributed by atoms with E-state index in [-0.39, 0.29) is 0 Å². The predicted molar refractivity (Wildman–Crippen MR) is 15.9 cm³/mol. The van der Waals surface area contributed by atoms with Crippen molar-refractivity contribution in [1.82, 2.24) is 0 Å². The zero-order valence-corrected chi connectivity index (χ0v) is 4.84. The molecule has 0 spiro atoms. The number of hydrogen-bond donors (Lipinski definition) is 0. The van der Waals surface area contributed by atoms with Gasteiger partial charge in [0, 0.05) is 0 Å². The van der Waals surface area contributed by atoms with E-state index in [1.165, 1.54) is 0 Å². The molecule has 0 aromatic rings. The van der Waals surface area contributed by atoms with Crippen LogP contribution in [0.5, 0.6) is 0 Å². The van der Waals surface area contributed by atoms with Crippen LogP contribution in [0.25, 0.3) is 0 Å². The summed E-state index contributed by atoms with van der Waals surface area (Å²) in [7, 11) is 0.583. The van der Waals surface area contributed by atoms with E-state index in [4.69, 9.17) is 0 Å². The van der Waals surface area contributed by atoms with Gasteiger partial charge in [-0.25, -0.2) is 0 Å². The van der Waals surface area contributed by atoms with E-state index in [1.807, 2.05) is 0 Å². The molecular weight excluding hydrogens is 151 g/mol. The summed E-state index contributed by atoms with van der Waals surface area (Å²) in [5.41, 5.74) is 0. The Hall–Kier alpha value is 0.769. The molecule has 0 aromatic heterocycles. The standard InChI is InChI=1S/Fe.HO2PS/c;1-3(2)4/h;(H,1,2,4)/q+1;/p-1. The van der Waals surface area contributed by atoms with Gasteiger partial charge < -0.3 is 0 Å². The van der Waals surface area contributed by atoms with E-state index in [0.717, 1.165) is 0 Å². The molecule has 0 unspecified atom stereocenters. The zero-order valence-electron chi connectivity index (χ0n) is 2.03. The Morgan fingerprint density at radius 1 is 1.60 bits per heavy atom. The minimum absolute atomic E-state index is 0.583. The molecule has 0 fully saturated rings. The Kier molecular flexibility index (Phi) is 3.44. The molecule has 0 aromatic carbocycles. The quantitative estimate of drug-likeness (QED) is 0.417. The van der Waals surface area contributed by atoms with Crippen LogP contribution in [0, 0.1) is 0 Å². The van der Waals surface area contributed by atoms with Gasteiger partial charge in [0.05, 0.1) is 0 Å². The van der Waals surface area contributed by atoms with Crippen LogP contribution in [0.15, 0.2) is 0 Å². The zero-order chi connectivity index (χ0) is 4.28. The van der Waals surface area contributed by atoms with Gasteiger partial charge in [-0.1, -0.05) is 0 Å². The molecule has 5 heavy (non-hydrogen) atoms. The van der Waals surface area contributed by atoms with Crippen molar-refractivity contribution < 1.29 is 24.0 Å². The van der Waals surface area contributed by atoms with Crippen LogP contribution in [0.4, 0.5) is 0 Å². The van der Waals surface area contributed by atoms with E-state index in [9.17, 15) is 9.13 Å². The van der Waals surface area contributed by atoms with Crippen LogP contribution in [-0.4, -0.2) is 0 Å². The van der Waals surface area contributed by atoms with Crippen molar-refractivity contribution in [3.05, 3.63) is 0 Å². The van der Waals surface area contributed by atoms with Gasteiger partial charge in [0.1, 0.15) is 0 Å². The Balaban J connectivity index is 3.23. The summed E-state index contributed by atoms with van der Waals surface area (Å²) in [6.45, 7) is -2.29. The SMILES string of the molecule is O=P(=O)[S][Fe]. The normalized spacial score (nSPS) is 7.40. The van der Waals surface area contributed by atoms with Crippen molar-refractivity contribution >= 4 is 16.7 Å². The summed E-state index contributed by atoms with van der Waals surface area (Å²) in [5, 5.41) is 0. The first kappa shape index (κ1) is 5.77. The average Bonchev–Trinajstić information content (AvgIpc) is 1.38. The fraction of sp³-hybridized carbons (Fsp3) is 0. The van der Waals surface area contributed by atoms with Gasteiger partial charge in [0.25, 0.3) is 0 Å². The van der Waals surface area contributed by atoms with Gasteiger partial charge in [0.15, 0.2) is 0 Å². The summed E-state index contributed by atoms with van der Waals surface area (Å²) >= 11 is 3.01. The first-order valence-electron chi connectivity index (χ1n) is 0.692. The first-order valence-corrected chi connectivity index (χ1v) is 4.52. The molecule has 0 rings (SSSR count). The molecule has 0 atom stereocenters. The van der Waals surface area contributed by atoms with Gasteiger partial charge in [-0.15, -0.1) is 0 Å². The van der Waals surface area contributed by atoms with Gasteiger partial charge in [-0.05, 0) is 0 Å². The summed E-state index contributed by atoms with van der Waals surface area (Å²) < 4.78 is 18.6. The molecule has 2 nitrogen and oxygen atoms in total. The third-order valence-corrected chi connectivity index (χ3v) is 1.96. The number of rotatable bonds is 1. The van der Waals surface area contributed by atoms with Crippen molar-refractivity contribution in [2.24, 2.45) is 0 Å². The van der Waals surface area contributed by atoms with Crippen LogP contribution in [0.2, 0.25) is 0 Å². The molecule has 0 bridgehead atoms. The molecule has 5 heteroatoms. The van der Waals surface area contributed by atoms with Crippen LogP contribution < -0.4 is 0 Å². The van der Waals surface area contributed by atoms with Crippen molar-refractivity contribution in [2.45, 2.75) is 0 Å². The van der Waals surface area contributed by atoms with Crippen LogP contribution in [0.1, 0.15) is 0 Å². The molecule has 0 aliphatic carbocycles. The van der Waals surface area contributed by atoms with Crippen molar-refractivity contribution in [1.29, 1.82) is 0 Å². The first-order chi connectivity index (χ1) is 2.27. The third kappa shape index (κ3) is 4.77. The monoisotopic (exact) mass is 151 g/mol. The number of hydrogen-bond acceptors (Lipinski definition) is 3. The third-order valence-electron chi connectivity index (χ3n) is 0.0527. The molecule has 0 heterocycles. The van der Waals surface area contributed by atoms with E-state index >= 15 is 0 Å². The molecule has 31 valence electrons. The van der Waals surface area contributed by atoms with Gasteiger partial charge >= 0.3 is 40.7 Å².